The number of hydrazine groups is 1. The van der Waals surface area contributed by atoms with Crippen LogP contribution in [-0.4, -0.2) is 48.0 Å². The fourth-order valence-electron chi connectivity index (χ4n) is 3.11. The Balaban J connectivity index is 2.05. The van der Waals surface area contributed by atoms with Crippen molar-refractivity contribution in [1.82, 2.24) is 21.4 Å². The highest BCUT2D eigenvalue weighted by atomic mass is 16.6. The number of nitrogens with one attached hydrogen (secondary N) is 4. The van der Waals surface area contributed by atoms with Crippen LogP contribution in [0.5, 0.6) is 5.75 Å². The van der Waals surface area contributed by atoms with Crippen molar-refractivity contribution in [3.05, 3.63) is 65.7 Å². The molecular weight excluding hydrogens is 478 g/mol. The Morgan fingerprint density at radius 1 is 0.892 bits per heavy atom. The van der Waals surface area contributed by atoms with E-state index in [1.54, 1.807) is 45.0 Å². The molecule has 0 fully saturated rings. The molecule has 2 aromatic rings. The number of carbonyl (C=O) groups excluding carboxylic acids is 4. The Morgan fingerprint density at radius 3 is 2.14 bits per heavy atom. The van der Waals surface area contributed by atoms with Crippen molar-refractivity contribution in [2.75, 3.05) is 6.54 Å². The van der Waals surface area contributed by atoms with E-state index in [1.165, 1.54) is 6.92 Å². The van der Waals surface area contributed by atoms with Crippen LogP contribution < -0.4 is 32.0 Å². The van der Waals surface area contributed by atoms with E-state index in [1.807, 2.05) is 35.8 Å². The number of hydrogen-bond acceptors (Lipinski definition) is 7. The molecule has 0 aliphatic carbocycles. The second-order valence-corrected chi connectivity index (χ2v) is 9.34. The molecule has 2 atom stereocenters. The van der Waals surface area contributed by atoms with Gasteiger partial charge in [0.1, 0.15) is 30.0 Å². The van der Waals surface area contributed by atoms with Gasteiger partial charge >= 0.3 is 6.09 Å². The van der Waals surface area contributed by atoms with Crippen molar-refractivity contribution >= 4 is 23.8 Å². The molecule has 200 valence electrons. The second kappa shape index (κ2) is 13.8. The fourth-order valence-corrected chi connectivity index (χ4v) is 3.11. The van der Waals surface area contributed by atoms with E-state index in [2.05, 4.69) is 16.0 Å². The van der Waals surface area contributed by atoms with Gasteiger partial charge in [-0.1, -0.05) is 42.5 Å². The van der Waals surface area contributed by atoms with Crippen molar-refractivity contribution < 1.29 is 28.7 Å². The summed E-state index contributed by atoms with van der Waals surface area (Å²) < 4.78 is 11.1. The van der Waals surface area contributed by atoms with E-state index >= 15 is 0 Å². The van der Waals surface area contributed by atoms with Crippen LogP contribution in [0.2, 0.25) is 0 Å². The van der Waals surface area contributed by atoms with Crippen molar-refractivity contribution in [1.29, 1.82) is 0 Å². The maximum atomic E-state index is 13.0. The van der Waals surface area contributed by atoms with Crippen LogP contribution in [0.15, 0.2) is 54.6 Å². The van der Waals surface area contributed by atoms with Crippen molar-refractivity contribution in [2.45, 2.75) is 58.4 Å². The van der Waals surface area contributed by atoms with Gasteiger partial charge in [0, 0.05) is 6.42 Å². The zero-order valence-corrected chi connectivity index (χ0v) is 21.5. The summed E-state index contributed by atoms with van der Waals surface area (Å²) in [6.07, 6.45) is -0.638. The van der Waals surface area contributed by atoms with Gasteiger partial charge in [0.2, 0.25) is 11.8 Å². The third-order valence-electron chi connectivity index (χ3n) is 4.96. The highest BCUT2D eigenvalue weighted by Crippen LogP contribution is 2.16. The average molecular weight is 514 g/mol. The van der Waals surface area contributed by atoms with E-state index in [4.69, 9.17) is 15.3 Å². The van der Waals surface area contributed by atoms with Crippen LogP contribution in [0.3, 0.4) is 0 Å². The Labute approximate surface area is 216 Å². The first kappa shape index (κ1) is 29.1. The standard InChI is InChI=1S/C26H35N5O6/c1-17(23(33)28-15-22(32)31-27)29-24(34)21(30-25(35)37-26(2,3)4)14-18-10-12-20(13-11-18)36-16-19-8-6-5-7-9-19/h5-13,17,21H,14-16,27H2,1-4H3,(H,28,33)(H,29,34)(H,30,35)(H,31,32)/t17-,21-/m0/s1. The van der Waals surface area contributed by atoms with Crippen molar-refractivity contribution in [3.8, 4) is 5.75 Å². The third kappa shape index (κ3) is 11.0. The highest BCUT2D eigenvalue weighted by molar-refractivity contribution is 5.92. The van der Waals surface area contributed by atoms with Crippen LogP contribution in [0.25, 0.3) is 0 Å². The van der Waals surface area contributed by atoms with Gasteiger partial charge in [-0.3, -0.25) is 19.8 Å². The lowest BCUT2D eigenvalue weighted by Gasteiger charge is -2.24. The first-order valence-electron chi connectivity index (χ1n) is 11.8. The summed E-state index contributed by atoms with van der Waals surface area (Å²) in [6, 6.07) is 14.9. The summed E-state index contributed by atoms with van der Waals surface area (Å²) in [5.41, 5.74) is 2.91. The third-order valence-corrected chi connectivity index (χ3v) is 4.96. The minimum absolute atomic E-state index is 0.133. The van der Waals surface area contributed by atoms with Crippen LogP contribution >= 0.6 is 0 Å². The molecule has 6 N–H and O–H groups in total. The molecule has 0 aliphatic rings. The molecular formula is C26H35N5O6. The van der Waals surface area contributed by atoms with E-state index in [0.717, 1.165) is 11.1 Å². The van der Waals surface area contributed by atoms with Crippen LogP contribution in [-0.2, 0) is 32.1 Å². The quantitative estimate of drug-likeness (QED) is 0.172. The van der Waals surface area contributed by atoms with Gasteiger partial charge in [-0.05, 0) is 51.0 Å². The molecule has 37 heavy (non-hydrogen) atoms. The molecule has 11 nitrogen and oxygen atoms in total. The van der Waals surface area contributed by atoms with E-state index in [9.17, 15) is 19.2 Å². The molecule has 0 saturated heterocycles. The molecule has 2 aromatic carbocycles. The molecule has 0 saturated carbocycles. The van der Waals surface area contributed by atoms with Crippen LogP contribution in [0, 0.1) is 0 Å². The lowest BCUT2D eigenvalue weighted by molar-refractivity contribution is -0.130. The first-order valence-corrected chi connectivity index (χ1v) is 11.8. The van der Waals surface area contributed by atoms with Gasteiger partial charge in [-0.2, -0.15) is 0 Å². The number of ether oxygens (including phenoxy) is 2. The van der Waals surface area contributed by atoms with Gasteiger partial charge in [-0.25, -0.2) is 10.6 Å². The lowest BCUT2D eigenvalue weighted by atomic mass is 10.0. The van der Waals surface area contributed by atoms with Gasteiger partial charge in [-0.15, -0.1) is 0 Å². The fraction of sp³-hybridized carbons (Fsp3) is 0.385. The normalized spacial score (nSPS) is 12.5. The average Bonchev–Trinajstić information content (AvgIpc) is 2.85. The number of alkyl carbamates (subject to hydrolysis) is 1. The number of amides is 4. The zero-order chi connectivity index (χ0) is 27.4. The second-order valence-electron chi connectivity index (χ2n) is 9.34. The molecule has 0 aromatic heterocycles. The molecule has 4 amide bonds. The van der Waals surface area contributed by atoms with Crippen LogP contribution in [0.1, 0.15) is 38.8 Å². The summed E-state index contributed by atoms with van der Waals surface area (Å²) in [5, 5.41) is 7.48. The van der Waals surface area contributed by atoms with Gasteiger partial charge < -0.3 is 25.4 Å². The van der Waals surface area contributed by atoms with Gasteiger partial charge in [0.25, 0.3) is 5.91 Å². The largest absolute Gasteiger partial charge is 0.489 e. The Bertz CT molecular complexity index is 1050. The minimum atomic E-state index is -1.03. The predicted octanol–water partition coefficient (Wildman–Crippen LogP) is 1.31. The molecule has 0 bridgehead atoms. The Kier molecular flexibility index (Phi) is 10.9. The smallest absolute Gasteiger partial charge is 0.408 e. The molecule has 0 spiro atoms. The van der Waals surface area contributed by atoms with E-state index in [-0.39, 0.29) is 13.0 Å². The number of nitrogens with two attached hydrogens (primary N) is 1. The minimum Gasteiger partial charge on any atom is -0.489 e. The molecule has 0 radical (unpaired) electrons. The number of carbonyl (C=O) groups is 4. The van der Waals surface area contributed by atoms with Gasteiger partial charge in [0.15, 0.2) is 0 Å². The van der Waals surface area contributed by atoms with Crippen LogP contribution in [0.4, 0.5) is 4.79 Å². The van der Waals surface area contributed by atoms with E-state index in [0.29, 0.717) is 12.4 Å². The molecule has 11 heteroatoms. The predicted molar refractivity (Wildman–Crippen MR) is 137 cm³/mol. The summed E-state index contributed by atoms with van der Waals surface area (Å²) in [5.74, 6) is 3.87. The number of benzene rings is 2. The lowest BCUT2D eigenvalue weighted by Crippen LogP contribution is -2.54. The number of rotatable bonds is 11. The molecule has 0 unspecified atom stereocenters. The Morgan fingerprint density at radius 2 is 1.54 bits per heavy atom. The van der Waals surface area contributed by atoms with E-state index < -0.39 is 41.5 Å². The Hall–Kier alpha value is -4.12. The maximum absolute atomic E-state index is 13.0. The summed E-state index contributed by atoms with van der Waals surface area (Å²) in [7, 11) is 0. The molecule has 0 heterocycles. The van der Waals surface area contributed by atoms with Gasteiger partial charge in [0.05, 0.1) is 6.54 Å². The highest BCUT2D eigenvalue weighted by Gasteiger charge is 2.27. The topological polar surface area (TPSA) is 161 Å². The summed E-state index contributed by atoms with van der Waals surface area (Å²) in [6.45, 7) is 6.66. The summed E-state index contributed by atoms with van der Waals surface area (Å²) in [4.78, 5) is 48.9. The SMILES string of the molecule is C[C@H](NC(=O)[C@H](Cc1ccc(OCc2ccccc2)cc1)NC(=O)OC(C)(C)C)C(=O)NCC(=O)NN. The van der Waals surface area contributed by atoms with Crippen molar-refractivity contribution in [3.63, 3.8) is 0 Å². The maximum Gasteiger partial charge on any atom is 0.408 e. The molecule has 2 rings (SSSR count). The van der Waals surface area contributed by atoms with Crippen molar-refractivity contribution in [2.24, 2.45) is 5.84 Å². The molecule has 0 aliphatic heterocycles. The number of hydrogen-bond donors (Lipinski definition) is 5. The summed E-state index contributed by atoms with van der Waals surface area (Å²) >= 11 is 0. The zero-order valence-electron chi connectivity index (χ0n) is 21.5. The first-order chi connectivity index (χ1) is 17.5. The monoisotopic (exact) mass is 513 g/mol.